The molecule has 1 aromatic heterocycles. The van der Waals surface area contributed by atoms with Crippen molar-refractivity contribution < 1.29 is 9.53 Å². The van der Waals surface area contributed by atoms with Crippen molar-refractivity contribution in [3.8, 4) is 5.75 Å². The van der Waals surface area contributed by atoms with Crippen LogP contribution >= 0.6 is 11.3 Å². The number of hydrogen-bond acceptors (Lipinski definition) is 4. The number of rotatable bonds is 3. The number of ether oxygens (including phenoxy) is 1. The van der Waals surface area contributed by atoms with E-state index in [9.17, 15) is 4.79 Å². The van der Waals surface area contributed by atoms with Gasteiger partial charge in [0.2, 0.25) is 0 Å². The second kappa shape index (κ2) is 6.24. The highest BCUT2D eigenvalue weighted by Gasteiger charge is 2.29. The van der Waals surface area contributed by atoms with Crippen LogP contribution in [0.25, 0.3) is 10.2 Å². The highest BCUT2D eigenvalue weighted by molar-refractivity contribution is 7.20. The first-order valence-corrected chi connectivity index (χ1v) is 8.85. The number of carbonyl (C=O) groups excluding carboxylic acids is 1. The molecule has 0 bridgehead atoms. The maximum Gasteiger partial charge on any atom is 0.282 e. The largest absolute Gasteiger partial charge is 0.497 e. The Kier molecular flexibility index (Phi) is 3.94. The Balaban J connectivity index is 1.50. The summed E-state index contributed by atoms with van der Waals surface area (Å²) in [6.07, 6.45) is 0.989. The highest BCUT2D eigenvalue weighted by Crippen LogP contribution is 2.30. The lowest BCUT2D eigenvalue weighted by molar-refractivity contribution is 0.0790. The summed E-state index contributed by atoms with van der Waals surface area (Å²) in [5.74, 6) is 1.29. The number of nitrogens with zero attached hydrogens (tertiary/aromatic N) is 2. The first-order chi connectivity index (χ1) is 11.7. The molecular formula is C19H18N2O2S. The molecule has 2 aromatic carbocycles. The molecule has 0 N–H and O–H groups in total. The van der Waals surface area contributed by atoms with E-state index in [2.05, 4.69) is 17.1 Å². The summed E-state index contributed by atoms with van der Waals surface area (Å²) in [5.41, 5.74) is 2.16. The Morgan fingerprint density at radius 1 is 1.21 bits per heavy atom. The molecule has 0 spiro atoms. The Bertz CT molecular complexity index is 839. The van der Waals surface area contributed by atoms with Crippen LogP contribution < -0.4 is 4.74 Å². The standard InChI is InChI=1S/C19H18N2O2S/c1-23-15-8-6-13(7-9-15)14-10-11-21(12-14)19(22)18-20-16-4-2-3-5-17(16)24-18/h2-9,14H,10-12H2,1H3/t14-/m0/s1. The average molecular weight is 338 g/mol. The maximum atomic E-state index is 12.7. The number of methoxy groups -OCH3 is 1. The molecule has 0 aliphatic carbocycles. The molecule has 4 nitrogen and oxygen atoms in total. The zero-order valence-electron chi connectivity index (χ0n) is 13.4. The number of para-hydroxylation sites is 1. The van der Waals surface area contributed by atoms with Gasteiger partial charge in [0.1, 0.15) is 5.75 Å². The first kappa shape index (κ1) is 15.1. The van der Waals surface area contributed by atoms with Crippen molar-refractivity contribution in [1.82, 2.24) is 9.88 Å². The van der Waals surface area contributed by atoms with Gasteiger partial charge in [-0.2, -0.15) is 0 Å². The molecule has 1 aliphatic rings. The fourth-order valence-electron chi connectivity index (χ4n) is 3.19. The van der Waals surface area contributed by atoms with Crippen LogP contribution in [0.5, 0.6) is 5.75 Å². The van der Waals surface area contributed by atoms with E-state index in [1.807, 2.05) is 41.3 Å². The number of amides is 1. The molecule has 0 unspecified atom stereocenters. The van der Waals surface area contributed by atoms with E-state index in [0.717, 1.165) is 35.5 Å². The molecule has 2 heterocycles. The van der Waals surface area contributed by atoms with E-state index in [1.54, 1.807) is 7.11 Å². The number of likely N-dealkylation sites (tertiary alicyclic amines) is 1. The van der Waals surface area contributed by atoms with Gasteiger partial charge in [0.15, 0.2) is 5.01 Å². The minimum atomic E-state index is 0.0483. The fourth-order valence-corrected chi connectivity index (χ4v) is 4.13. The minimum Gasteiger partial charge on any atom is -0.497 e. The molecule has 1 fully saturated rings. The van der Waals surface area contributed by atoms with Crippen LogP contribution in [-0.4, -0.2) is 36.0 Å². The molecule has 4 rings (SSSR count). The molecule has 3 aromatic rings. The number of aromatic nitrogens is 1. The minimum absolute atomic E-state index is 0.0483. The molecule has 122 valence electrons. The fraction of sp³-hybridized carbons (Fsp3) is 0.263. The van der Waals surface area contributed by atoms with Gasteiger partial charge in [-0.25, -0.2) is 4.98 Å². The molecule has 0 radical (unpaired) electrons. The van der Waals surface area contributed by atoms with Gasteiger partial charge in [-0.15, -0.1) is 11.3 Å². The van der Waals surface area contributed by atoms with Crippen LogP contribution in [0.2, 0.25) is 0 Å². The predicted molar refractivity (Wildman–Crippen MR) is 95.9 cm³/mol. The van der Waals surface area contributed by atoms with E-state index in [-0.39, 0.29) is 5.91 Å². The zero-order valence-corrected chi connectivity index (χ0v) is 14.3. The summed E-state index contributed by atoms with van der Waals surface area (Å²) in [6, 6.07) is 16.0. The Hall–Kier alpha value is -2.40. The van der Waals surface area contributed by atoms with Crippen LogP contribution in [0.4, 0.5) is 0 Å². The van der Waals surface area contributed by atoms with Crippen LogP contribution in [0.15, 0.2) is 48.5 Å². The van der Waals surface area contributed by atoms with Gasteiger partial charge in [0.25, 0.3) is 5.91 Å². The van der Waals surface area contributed by atoms with Crippen molar-refractivity contribution in [3.63, 3.8) is 0 Å². The molecule has 24 heavy (non-hydrogen) atoms. The number of thiazole rings is 1. The third kappa shape index (κ3) is 2.76. The van der Waals surface area contributed by atoms with Gasteiger partial charge < -0.3 is 9.64 Å². The summed E-state index contributed by atoms with van der Waals surface area (Å²) in [6.45, 7) is 1.53. The maximum absolute atomic E-state index is 12.7. The van der Waals surface area contributed by atoms with Gasteiger partial charge in [0, 0.05) is 19.0 Å². The Morgan fingerprint density at radius 2 is 2.00 bits per heavy atom. The quantitative estimate of drug-likeness (QED) is 0.726. The van der Waals surface area contributed by atoms with Crippen LogP contribution in [0.3, 0.4) is 0 Å². The molecule has 1 saturated heterocycles. The van der Waals surface area contributed by atoms with Crippen LogP contribution in [-0.2, 0) is 0 Å². The molecule has 1 aliphatic heterocycles. The van der Waals surface area contributed by atoms with E-state index in [0.29, 0.717) is 10.9 Å². The van der Waals surface area contributed by atoms with E-state index in [1.165, 1.54) is 16.9 Å². The molecule has 0 saturated carbocycles. The monoisotopic (exact) mass is 338 g/mol. The summed E-state index contributed by atoms with van der Waals surface area (Å²) >= 11 is 1.48. The lowest BCUT2D eigenvalue weighted by Crippen LogP contribution is -2.28. The molecular weight excluding hydrogens is 320 g/mol. The van der Waals surface area contributed by atoms with E-state index < -0.39 is 0 Å². The van der Waals surface area contributed by atoms with Gasteiger partial charge >= 0.3 is 0 Å². The molecule has 1 amide bonds. The summed E-state index contributed by atoms with van der Waals surface area (Å²) in [7, 11) is 1.67. The highest BCUT2D eigenvalue weighted by atomic mass is 32.1. The van der Waals surface area contributed by atoms with Crippen molar-refractivity contribution in [1.29, 1.82) is 0 Å². The molecule has 5 heteroatoms. The number of benzene rings is 2. The topological polar surface area (TPSA) is 42.4 Å². The number of fused-ring (bicyclic) bond motifs is 1. The third-order valence-corrected chi connectivity index (χ3v) is 5.56. The first-order valence-electron chi connectivity index (χ1n) is 8.03. The lowest BCUT2D eigenvalue weighted by Gasteiger charge is -2.15. The normalized spacial score (nSPS) is 17.4. The van der Waals surface area contributed by atoms with Crippen molar-refractivity contribution in [2.75, 3.05) is 20.2 Å². The van der Waals surface area contributed by atoms with E-state index >= 15 is 0 Å². The van der Waals surface area contributed by atoms with Crippen LogP contribution in [0.1, 0.15) is 27.7 Å². The van der Waals surface area contributed by atoms with Crippen LogP contribution in [0, 0.1) is 0 Å². The summed E-state index contributed by atoms with van der Waals surface area (Å²) in [4.78, 5) is 19.2. The average Bonchev–Trinajstić information content (AvgIpc) is 3.28. The van der Waals surface area contributed by atoms with Gasteiger partial charge in [-0.1, -0.05) is 24.3 Å². The Morgan fingerprint density at radius 3 is 2.75 bits per heavy atom. The Labute approximate surface area is 144 Å². The smallest absolute Gasteiger partial charge is 0.282 e. The van der Waals surface area contributed by atoms with Gasteiger partial charge in [-0.3, -0.25) is 4.79 Å². The van der Waals surface area contributed by atoms with Crippen molar-refractivity contribution in [3.05, 3.63) is 59.1 Å². The second-order valence-electron chi connectivity index (χ2n) is 6.00. The van der Waals surface area contributed by atoms with Crippen molar-refractivity contribution in [2.24, 2.45) is 0 Å². The summed E-state index contributed by atoms with van der Waals surface area (Å²) < 4.78 is 6.27. The number of hydrogen-bond donors (Lipinski definition) is 0. The lowest BCUT2D eigenvalue weighted by atomic mass is 9.98. The summed E-state index contributed by atoms with van der Waals surface area (Å²) in [5, 5.41) is 0.589. The second-order valence-corrected chi connectivity index (χ2v) is 7.03. The SMILES string of the molecule is COc1ccc([C@H]2CCN(C(=O)c3nc4ccccc4s3)C2)cc1. The van der Waals surface area contributed by atoms with Gasteiger partial charge in [-0.05, 0) is 36.2 Å². The van der Waals surface area contributed by atoms with Crippen molar-refractivity contribution >= 4 is 27.5 Å². The third-order valence-electron chi connectivity index (χ3n) is 4.54. The van der Waals surface area contributed by atoms with Gasteiger partial charge in [0.05, 0.1) is 17.3 Å². The zero-order chi connectivity index (χ0) is 16.5. The number of carbonyl (C=O) groups is 1. The van der Waals surface area contributed by atoms with E-state index in [4.69, 9.17) is 4.74 Å². The predicted octanol–water partition coefficient (Wildman–Crippen LogP) is 3.93. The molecule has 1 atom stereocenters. The van der Waals surface area contributed by atoms with Crippen molar-refractivity contribution in [2.45, 2.75) is 12.3 Å².